The molecule has 0 saturated carbocycles. The number of anilines is 2. The Hall–Kier alpha value is -4.40. The molecule has 39 heavy (non-hydrogen) atoms. The van der Waals surface area contributed by atoms with Crippen molar-refractivity contribution in [2.24, 2.45) is 0 Å². The van der Waals surface area contributed by atoms with Crippen LogP contribution in [0.3, 0.4) is 0 Å². The second-order valence-corrected chi connectivity index (χ2v) is 9.71. The van der Waals surface area contributed by atoms with E-state index in [4.69, 9.17) is 11.6 Å². The van der Waals surface area contributed by atoms with E-state index < -0.39 is 17.6 Å². The first kappa shape index (κ1) is 27.6. The summed E-state index contributed by atoms with van der Waals surface area (Å²) in [6.45, 7) is 0. The minimum absolute atomic E-state index is 0.120. The van der Waals surface area contributed by atoms with Crippen LogP contribution in [0, 0.1) is 5.82 Å². The molecule has 4 aromatic rings. The van der Waals surface area contributed by atoms with Gasteiger partial charge in [-0.1, -0.05) is 54.1 Å². The van der Waals surface area contributed by atoms with Gasteiger partial charge in [-0.25, -0.2) is 4.39 Å². The number of hydrogen-bond acceptors (Lipinski definition) is 4. The zero-order valence-corrected chi connectivity index (χ0v) is 22.1. The summed E-state index contributed by atoms with van der Waals surface area (Å²) in [5.74, 6) is -1.66. The molecule has 4 aromatic carbocycles. The van der Waals surface area contributed by atoms with Gasteiger partial charge in [0.05, 0.1) is 5.75 Å². The van der Waals surface area contributed by atoms with E-state index >= 15 is 0 Å². The molecule has 0 spiro atoms. The Labute approximate surface area is 234 Å². The van der Waals surface area contributed by atoms with E-state index in [9.17, 15) is 18.8 Å². The van der Waals surface area contributed by atoms with Gasteiger partial charge in [-0.05, 0) is 66.7 Å². The highest BCUT2D eigenvalue weighted by Gasteiger charge is 2.16. The Morgan fingerprint density at radius 1 is 0.795 bits per heavy atom. The number of hydrogen-bond donors (Lipinski definition) is 3. The average molecular weight is 560 g/mol. The molecule has 0 saturated heterocycles. The van der Waals surface area contributed by atoms with Crippen LogP contribution in [-0.2, 0) is 9.59 Å². The van der Waals surface area contributed by atoms with Gasteiger partial charge in [0.2, 0.25) is 5.91 Å². The molecule has 0 bridgehead atoms. The SMILES string of the molecule is O=C(CSc1ccc(NC(=O)/C(=C/c2ccccc2F)NC(=O)c2ccccc2)cc1)Nc1cccc(Cl)c1. The fourth-order valence-corrected chi connectivity index (χ4v) is 4.32. The minimum Gasteiger partial charge on any atom is -0.325 e. The third kappa shape index (κ3) is 8.29. The molecular formula is C30H23ClFN3O3S. The topological polar surface area (TPSA) is 87.3 Å². The minimum atomic E-state index is -0.621. The number of carbonyl (C=O) groups excluding carboxylic acids is 3. The second kappa shape index (κ2) is 13.4. The maximum absolute atomic E-state index is 14.3. The summed E-state index contributed by atoms with van der Waals surface area (Å²) >= 11 is 7.27. The molecule has 6 nitrogen and oxygen atoms in total. The molecule has 0 aromatic heterocycles. The van der Waals surface area contributed by atoms with Crippen LogP contribution in [-0.4, -0.2) is 23.5 Å². The number of rotatable bonds is 9. The highest BCUT2D eigenvalue weighted by Crippen LogP contribution is 2.22. The van der Waals surface area contributed by atoms with Crippen molar-refractivity contribution in [2.45, 2.75) is 4.90 Å². The van der Waals surface area contributed by atoms with Crippen LogP contribution in [0.5, 0.6) is 0 Å². The van der Waals surface area contributed by atoms with Crippen LogP contribution in [0.2, 0.25) is 5.02 Å². The average Bonchev–Trinajstić information content (AvgIpc) is 2.94. The van der Waals surface area contributed by atoms with Crippen molar-refractivity contribution >= 4 is 58.5 Å². The Morgan fingerprint density at radius 2 is 1.51 bits per heavy atom. The summed E-state index contributed by atoms with van der Waals surface area (Å²) in [6, 6.07) is 28.1. The summed E-state index contributed by atoms with van der Waals surface area (Å²) in [5.41, 5.74) is 1.46. The summed E-state index contributed by atoms with van der Waals surface area (Å²) in [4.78, 5) is 38.9. The third-order valence-electron chi connectivity index (χ3n) is 5.32. The van der Waals surface area contributed by atoms with Crippen molar-refractivity contribution < 1.29 is 18.8 Å². The van der Waals surface area contributed by atoms with Crippen LogP contribution in [0.1, 0.15) is 15.9 Å². The van der Waals surface area contributed by atoms with E-state index in [1.807, 2.05) is 0 Å². The molecule has 0 heterocycles. The Bertz CT molecular complexity index is 1510. The van der Waals surface area contributed by atoms with Gasteiger partial charge in [0.25, 0.3) is 11.8 Å². The highest BCUT2D eigenvalue weighted by atomic mass is 35.5. The Kier molecular flexibility index (Phi) is 9.50. The molecule has 0 atom stereocenters. The lowest BCUT2D eigenvalue weighted by atomic mass is 10.1. The molecule has 0 fully saturated rings. The molecule has 4 rings (SSSR count). The molecule has 3 amide bonds. The molecule has 3 N–H and O–H groups in total. The predicted octanol–water partition coefficient (Wildman–Crippen LogP) is 6.62. The fraction of sp³-hybridized carbons (Fsp3) is 0.0333. The molecule has 0 aliphatic heterocycles. The van der Waals surface area contributed by atoms with Crippen LogP contribution < -0.4 is 16.0 Å². The van der Waals surface area contributed by atoms with Gasteiger partial charge in [0, 0.05) is 32.4 Å². The van der Waals surface area contributed by atoms with Crippen molar-refractivity contribution in [3.05, 3.63) is 131 Å². The number of halogens is 2. The molecule has 0 unspecified atom stereocenters. The van der Waals surface area contributed by atoms with Crippen LogP contribution >= 0.6 is 23.4 Å². The third-order valence-corrected chi connectivity index (χ3v) is 6.57. The van der Waals surface area contributed by atoms with Crippen LogP contribution in [0.4, 0.5) is 15.8 Å². The standard InChI is InChI=1S/C30H23ClFN3O3S/c31-22-10-6-11-24(18-22)33-28(36)19-39-25-15-13-23(14-16-25)34-30(38)27(17-21-9-4-5-12-26(21)32)35-29(37)20-7-2-1-3-8-20/h1-18H,19H2,(H,33,36)(H,34,38)(H,35,37)/b27-17-. The first-order chi connectivity index (χ1) is 18.9. The van der Waals surface area contributed by atoms with Crippen molar-refractivity contribution in [3.63, 3.8) is 0 Å². The van der Waals surface area contributed by atoms with Gasteiger partial charge >= 0.3 is 0 Å². The maximum atomic E-state index is 14.3. The normalized spacial score (nSPS) is 11.0. The van der Waals surface area contributed by atoms with E-state index in [-0.39, 0.29) is 22.9 Å². The van der Waals surface area contributed by atoms with Gasteiger partial charge in [0.1, 0.15) is 11.5 Å². The smallest absolute Gasteiger partial charge is 0.272 e. The van der Waals surface area contributed by atoms with Gasteiger partial charge in [-0.3, -0.25) is 14.4 Å². The number of nitrogens with one attached hydrogen (secondary N) is 3. The second-order valence-electron chi connectivity index (χ2n) is 8.23. The largest absolute Gasteiger partial charge is 0.325 e. The van der Waals surface area contributed by atoms with Crippen molar-refractivity contribution in [1.82, 2.24) is 5.32 Å². The first-order valence-electron chi connectivity index (χ1n) is 11.8. The molecule has 0 aliphatic rings. The molecule has 0 aliphatic carbocycles. The van der Waals surface area contributed by atoms with Gasteiger partial charge in [-0.15, -0.1) is 11.8 Å². The van der Waals surface area contributed by atoms with E-state index in [1.165, 1.54) is 36.0 Å². The number of amides is 3. The van der Waals surface area contributed by atoms with E-state index in [0.29, 0.717) is 22.0 Å². The van der Waals surface area contributed by atoms with Crippen molar-refractivity contribution in [1.29, 1.82) is 0 Å². The molecule has 196 valence electrons. The molecule has 9 heteroatoms. The highest BCUT2D eigenvalue weighted by molar-refractivity contribution is 8.00. The molecular weight excluding hydrogens is 537 g/mol. The first-order valence-corrected chi connectivity index (χ1v) is 13.2. The van der Waals surface area contributed by atoms with Crippen LogP contribution in [0.25, 0.3) is 6.08 Å². The molecule has 0 radical (unpaired) electrons. The summed E-state index contributed by atoms with van der Waals surface area (Å²) in [7, 11) is 0. The van der Waals surface area contributed by atoms with Crippen LogP contribution in [0.15, 0.2) is 114 Å². The van der Waals surface area contributed by atoms with Gasteiger partial charge in [-0.2, -0.15) is 0 Å². The quantitative estimate of drug-likeness (QED) is 0.159. The van der Waals surface area contributed by atoms with Gasteiger partial charge in [0.15, 0.2) is 0 Å². The van der Waals surface area contributed by atoms with Crippen molar-refractivity contribution in [2.75, 3.05) is 16.4 Å². The van der Waals surface area contributed by atoms with Crippen molar-refractivity contribution in [3.8, 4) is 0 Å². The Morgan fingerprint density at radius 3 is 2.23 bits per heavy atom. The van der Waals surface area contributed by atoms with E-state index in [0.717, 1.165) is 4.90 Å². The Balaban J connectivity index is 1.41. The summed E-state index contributed by atoms with van der Waals surface area (Å²) < 4.78 is 14.3. The van der Waals surface area contributed by atoms with Gasteiger partial charge < -0.3 is 16.0 Å². The van der Waals surface area contributed by atoms with E-state index in [1.54, 1.807) is 84.9 Å². The van der Waals surface area contributed by atoms with E-state index in [2.05, 4.69) is 16.0 Å². The lowest BCUT2D eigenvalue weighted by molar-refractivity contribution is -0.114. The zero-order valence-electron chi connectivity index (χ0n) is 20.5. The number of carbonyl (C=O) groups is 3. The lowest BCUT2D eigenvalue weighted by Crippen LogP contribution is -2.30. The zero-order chi connectivity index (χ0) is 27.6. The predicted molar refractivity (Wildman–Crippen MR) is 154 cm³/mol. The number of thioether (sulfide) groups is 1. The lowest BCUT2D eigenvalue weighted by Gasteiger charge is -2.12. The fourth-order valence-electron chi connectivity index (χ4n) is 3.44. The summed E-state index contributed by atoms with van der Waals surface area (Å²) in [6.07, 6.45) is 1.29. The monoisotopic (exact) mass is 559 g/mol. The number of benzene rings is 4. The summed E-state index contributed by atoms with van der Waals surface area (Å²) in [5, 5.41) is 8.62. The maximum Gasteiger partial charge on any atom is 0.272 e.